The number of carbonyl (C=O) groups is 1. The average molecular weight is 516 g/mol. The molecule has 0 spiro atoms. The molecule has 2 aromatic rings. The smallest absolute Gasteiger partial charge is 0.347 e. The number of aliphatic hydroxyl groups is 1. The lowest BCUT2D eigenvalue weighted by molar-refractivity contribution is -0.926. The van der Waals surface area contributed by atoms with Crippen molar-refractivity contribution < 1.29 is 53.7 Å². The molecule has 1 saturated heterocycles. The number of piperidine rings is 1. The van der Waals surface area contributed by atoms with E-state index in [1.165, 1.54) is 0 Å². The monoisotopic (exact) mass is 515 g/mol. The largest absolute Gasteiger partial charge is 1.00 e. The second kappa shape index (κ2) is 8.61. The molecule has 1 fully saturated rings. The van der Waals surface area contributed by atoms with Crippen molar-refractivity contribution in [1.82, 2.24) is 0 Å². The quantitative estimate of drug-likeness (QED) is 0.280. The van der Waals surface area contributed by atoms with E-state index in [0.29, 0.717) is 25.0 Å². The Labute approximate surface area is 193 Å². The van der Waals surface area contributed by atoms with Crippen LogP contribution in [-0.4, -0.2) is 47.8 Å². The number of carbonyl (C=O) groups excluding carboxylic acids is 1. The van der Waals surface area contributed by atoms with E-state index in [-0.39, 0.29) is 40.2 Å². The van der Waals surface area contributed by atoms with E-state index in [0.717, 1.165) is 28.7 Å². The number of esters is 1. The molecule has 2 aliphatic heterocycles. The van der Waals surface area contributed by atoms with E-state index < -0.39 is 40.9 Å². The molecular formula is C23H22BrF4NO3. The van der Waals surface area contributed by atoms with Gasteiger partial charge in [-0.2, -0.15) is 0 Å². The minimum Gasteiger partial charge on any atom is -1.00 e. The maximum absolute atomic E-state index is 13.9. The number of fused-ring (bicyclic) bond motifs is 2. The normalized spacial score (nSPS) is 23.5. The molecular weight excluding hydrogens is 494 g/mol. The van der Waals surface area contributed by atoms with Gasteiger partial charge in [-0.05, 0) is 36.4 Å². The van der Waals surface area contributed by atoms with Crippen LogP contribution in [0.5, 0.6) is 0 Å². The number of benzene rings is 2. The first-order valence-corrected chi connectivity index (χ1v) is 9.89. The van der Waals surface area contributed by atoms with Crippen molar-refractivity contribution in [1.29, 1.82) is 0 Å². The lowest BCUT2D eigenvalue weighted by Crippen LogP contribution is -3.00. The van der Waals surface area contributed by atoms with Gasteiger partial charge in [0.15, 0.2) is 23.3 Å². The molecule has 4 nitrogen and oxygen atoms in total. The summed E-state index contributed by atoms with van der Waals surface area (Å²) in [5.74, 6) is -6.13. The Kier molecular flexibility index (Phi) is 6.57. The molecule has 1 N–H and O–H groups in total. The molecule has 2 aromatic carbocycles. The molecule has 2 bridgehead atoms. The van der Waals surface area contributed by atoms with Gasteiger partial charge >= 0.3 is 5.97 Å². The fourth-order valence-corrected chi connectivity index (χ4v) is 4.46. The zero-order valence-corrected chi connectivity index (χ0v) is 19.0. The van der Waals surface area contributed by atoms with Crippen LogP contribution in [0.15, 0.2) is 48.6 Å². The topological polar surface area (TPSA) is 46.5 Å². The summed E-state index contributed by atoms with van der Waals surface area (Å²) in [6, 6.07) is 5.03. The summed E-state index contributed by atoms with van der Waals surface area (Å²) >= 11 is 0. The predicted octanol–water partition coefficient (Wildman–Crippen LogP) is 0.572. The fourth-order valence-electron chi connectivity index (χ4n) is 4.46. The Morgan fingerprint density at radius 3 is 1.75 bits per heavy atom. The first-order valence-electron chi connectivity index (χ1n) is 9.89. The van der Waals surface area contributed by atoms with Crippen LogP contribution >= 0.6 is 0 Å². The molecule has 32 heavy (non-hydrogen) atoms. The highest BCUT2D eigenvalue weighted by atomic mass is 79.9. The Morgan fingerprint density at radius 1 is 0.906 bits per heavy atom. The predicted molar refractivity (Wildman–Crippen MR) is 104 cm³/mol. The van der Waals surface area contributed by atoms with Crippen molar-refractivity contribution in [2.24, 2.45) is 0 Å². The van der Waals surface area contributed by atoms with Gasteiger partial charge in [-0.3, -0.25) is 0 Å². The van der Waals surface area contributed by atoms with Gasteiger partial charge in [-0.25, -0.2) is 22.4 Å². The van der Waals surface area contributed by atoms with Crippen LogP contribution in [0.3, 0.4) is 0 Å². The minimum atomic E-state index is -2.66. The Hall–Kier alpha value is -2.23. The van der Waals surface area contributed by atoms with Crippen LogP contribution in [0.2, 0.25) is 0 Å². The van der Waals surface area contributed by atoms with Crippen molar-refractivity contribution in [3.8, 4) is 0 Å². The molecule has 172 valence electrons. The van der Waals surface area contributed by atoms with Gasteiger partial charge in [0.2, 0.25) is 5.60 Å². The lowest BCUT2D eigenvalue weighted by Gasteiger charge is -2.44. The first-order chi connectivity index (χ1) is 14.5. The summed E-state index contributed by atoms with van der Waals surface area (Å²) in [5.41, 5.74) is -3.36. The molecule has 2 aliphatic rings. The number of rotatable bonds is 4. The molecule has 0 saturated carbocycles. The van der Waals surface area contributed by atoms with E-state index in [2.05, 4.69) is 26.2 Å². The highest BCUT2D eigenvalue weighted by Gasteiger charge is 2.49. The number of ether oxygens (including phenoxy) is 1. The molecule has 9 heteroatoms. The van der Waals surface area contributed by atoms with Crippen LogP contribution in [-0.2, 0) is 15.1 Å². The second-order valence-corrected chi connectivity index (χ2v) is 8.62. The standard InChI is InChI=1S/C23H22F4NO3.BrH/c1-28(2)15-5-6-16(28)12-17(11-15)31-22(29)23(30,13-3-7-18(24)20(26)9-13)14-4-8-19(25)21(27)10-14;/h3-10,15-17,30H,11-12H2,1-2H3;1H/q+1;/p-1/t15-,16+,17?;. The third-order valence-corrected chi connectivity index (χ3v) is 6.52. The van der Waals surface area contributed by atoms with Crippen LogP contribution in [0.25, 0.3) is 0 Å². The number of likely N-dealkylation sites (N-methyl/N-ethyl adjacent to an activating group) is 1. The molecule has 0 radical (unpaired) electrons. The molecule has 4 rings (SSSR count). The van der Waals surface area contributed by atoms with E-state index in [1.54, 1.807) is 0 Å². The van der Waals surface area contributed by atoms with E-state index in [1.807, 2.05) is 0 Å². The molecule has 0 aromatic heterocycles. The maximum Gasteiger partial charge on any atom is 0.347 e. The minimum absolute atomic E-state index is 0. The summed E-state index contributed by atoms with van der Waals surface area (Å²) in [4.78, 5) is 13.2. The Balaban J connectivity index is 0.00000289. The molecule has 2 heterocycles. The SMILES string of the molecule is C[N+]1(C)[C@@H]2C=C[C@H]1CC(OC(=O)C(O)(c1ccc(F)c(F)c1)c1ccc(F)c(F)c1)C2.[Br-]. The molecule has 0 aliphatic carbocycles. The van der Waals surface area contributed by atoms with Crippen molar-refractivity contribution >= 4 is 5.97 Å². The van der Waals surface area contributed by atoms with Gasteiger partial charge in [0.25, 0.3) is 0 Å². The van der Waals surface area contributed by atoms with Gasteiger partial charge in [-0.15, -0.1) is 0 Å². The average Bonchev–Trinajstić information content (AvgIpc) is 2.88. The van der Waals surface area contributed by atoms with Crippen molar-refractivity contribution in [2.75, 3.05) is 14.1 Å². The summed E-state index contributed by atoms with van der Waals surface area (Å²) in [7, 11) is 4.15. The van der Waals surface area contributed by atoms with Crippen LogP contribution in [0.1, 0.15) is 24.0 Å². The summed E-state index contributed by atoms with van der Waals surface area (Å²) in [5, 5.41) is 11.4. The van der Waals surface area contributed by atoms with E-state index >= 15 is 0 Å². The van der Waals surface area contributed by atoms with Crippen LogP contribution < -0.4 is 17.0 Å². The summed E-state index contributed by atoms with van der Waals surface area (Å²) in [6.07, 6.45) is 4.62. The Bertz CT molecular complexity index is 1010. The van der Waals surface area contributed by atoms with Gasteiger partial charge in [-0.1, -0.05) is 12.1 Å². The zero-order chi connectivity index (χ0) is 22.6. The summed E-state index contributed by atoms with van der Waals surface area (Å²) in [6.45, 7) is 0. The first kappa shape index (κ1) is 24.4. The second-order valence-electron chi connectivity index (χ2n) is 8.62. The number of halogens is 5. The molecule has 1 unspecified atom stereocenters. The molecule has 3 atom stereocenters. The third-order valence-electron chi connectivity index (χ3n) is 6.52. The van der Waals surface area contributed by atoms with Crippen LogP contribution in [0.4, 0.5) is 17.6 Å². The lowest BCUT2D eigenvalue weighted by atomic mass is 9.85. The molecule has 0 amide bonds. The van der Waals surface area contributed by atoms with E-state index in [9.17, 15) is 27.5 Å². The number of hydrogen-bond donors (Lipinski definition) is 1. The zero-order valence-electron chi connectivity index (χ0n) is 17.4. The van der Waals surface area contributed by atoms with Gasteiger partial charge in [0.05, 0.1) is 14.1 Å². The van der Waals surface area contributed by atoms with Crippen LogP contribution in [0, 0.1) is 23.3 Å². The highest BCUT2D eigenvalue weighted by molar-refractivity contribution is 5.85. The van der Waals surface area contributed by atoms with Crippen molar-refractivity contribution in [2.45, 2.75) is 36.6 Å². The fraction of sp³-hybridized carbons (Fsp3) is 0.348. The highest BCUT2D eigenvalue weighted by Crippen LogP contribution is 2.38. The number of quaternary nitrogens is 1. The summed E-state index contributed by atoms with van der Waals surface area (Å²) < 4.78 is 61.1. The van der Waals surface area contributed by atoms with E-state index in [4.69, 9.17) is 4.74 Å². The third kappa shape index (κ3) is 3.97. The van der Waals surface area contributed by atoms with Gasteiger partial charge in [0, 0.05) is 24.0 Å². The number of nitrogens with zero attached hydrogens (tertiary/aromatic N) is 1. The number of hydrogen-bond acceptors (Lipinski definition) is 3. The van der Waals surface area contributed by atoms with Gasteiger partial charge in [0.1, 0.15) is 18.2 Å². The Morgan fingerprint density at radius 2 is 1.34 bits per heavy atom. The maximum atomic E-state index is 13.9. The van der Waals surface area contributed by atoms with Crippen molar-refractivity contribution in [3.63, 3.8) is 0 Å². The van der Waals surface area contributed by atoms with Gasteiger partial charge < -0.3 is 31.3 Å². The van der Waals surface area contributed by atoms with Crippen molar-refractivity contribution in [3.05, 3.63) is 82.9 Å².